The highest BCUT2D eigenvalue weighted by Gasteiger charge is 2.12. The average molecular weight is 253 g/mol. The van der Waals surface area contributed by atoms with Crippen LogP contribution in [-0.2, 0) is 9.53 Å². The van der Waals surface area contributed by atoms with Gasteiger partial charge in [-0.1, -0.05) is 0 Å². The first-order valence-electron chi connectivity index (χ1n) is 5.72. The van der Waals surface area contributed by atoms with Crippen LogP contribution in [0.5, 0.6) is 5.88 Å². The molecule has 6 nitrogen and oxygen atoms in total. The van der Waals surface area contributed by atoms with Gasteiger partial charge >= 0.3 is 5.97 Å². The molecule has 0 bridgehead atoms. The average Bonchev–Trinajstić information content (AvgIpc) is 2.26. The van der Waals surface area contributed by atoms with E-state index in [9.17, 15) is 4.79 Å². The van der Waals surface area contributed by atoms with E-state index in [-0.39, 0.29) is 18.6 Å². The minimum atomic E-state index is -0.339. The summed E-state index contributed by atoms with van der Waals surface area (Å²) in [7, 11) is 3.07. The first-order chi connectivity index (χ1) is 8.42. The Morgan fingerprint density at radius 1 is 1.44 bits per heavy atom. The summed E-state index contributed by atoms with van der Waals surface area (Å²) in [4.78, 5) is 21.3. The molecule has 0 aliphatic carbocycles. The number of nitrogens with zero attached hydrogens (tertiary/aromatic N) is 3. The van der Waals surface area contributed by atoms with Gasteiger partial charge in [0.1, 0.15) is 6.54 Å². The van der Waals surface area contributed by atoms with Gasteiger partial charge in [0.15, 0.2) is 0 Å². The Labute approximate surface area is 107 Å². The Hall–Kier alpha value is -1.85. The zero-order valence-corrected chi connectivity index (χ0v) is 11.4. The van der Waals surface area contributed by atoms with Crippen LogP contribution >= 0.6 is 0 Å². The summed E-state index contributed by atoms with van der Waals surface area (Å²) in [5.74, 6) is 0.606. The number of methoxy groups -OCH3 is 1. The standard InChI is InChI=1S/C12H19N3O3/c1-8(2)18-10-6-9(3)13-12(14-10)15(4)7-11(16)17-5/h6,8H,7H2,1-5H3. The molecule has 1 aromatic rings. The van der Waals surface area contributed by atoms with Crippen molar-refractivity contribution in [3.8, 4) is 5.88 Å². The molecule has 0 unspecified atom stereocenters. The van der Waals surface area contributed by atoms with Crippen molar-refractivity contribution in [2.45, 2.75) is 26.9 Å². The number of hydrogen-bond donors (Lipinski definition) is 0. The van der Waals surface area contributed by atoms with Crippen molar-refractivity contribution < 1.29 is 14.3 Å². The van der Waals surface area contributed by atoms with Gasteiger partial charge in [0.05, 0.1) is 13.2 Å². The zero-order valence-electron chi connectivity index (χ0n) is 11.4. The minimum absolute atomic E-state index is 0.0399. The van der Waals surface area contributed by atoms with E-state index in [0.717, 1.165) is 5.69 Å². The molecule has 0 amide bonds. The van der Waals surface area contributed by atoms with Gasteiger partial charge in [-0.15, -0.1) is 0 Å². The Kier molecular flexibility index (Phi) is 4.88. The molecule has 0 saturated carbocycles. The Morgan fingerprint density at radius 2 is 2.11 bits per heavy atom. The number of esters is 1. The van der Waals surface area contributed by atoms with Crippen LogP contribution in [0, 0.1) is 6.92 Å². The molecule has 0 spiro atoms. The third kappa shape index (κ3) is 4.20. The number of aryl methyl sites for hydroxylation is 1. The quantitative estimate of drug-likeness (QED) is 0.734. The van der Waals surface area contributed by atoms with Gasteiger partial charge in [-0.05, 0) is 20.8 Å². The predicted molar refractivity (Wildman–Crippen MR) is 67.8 cm³/mol. The van der Waals surface area contributed by atoms with Gasteiger partial charge in [-0.2, -0.15) is 4.98 Å². The summed E-state index contributed by atoms with van der Waals surface area (Å²) in [5, 5.41) is 0. The molecule has 6 heteroatoms. The fourth-order valence-electron chi connectivity index (χ4n) is 1.33. The van der Waals surface area contributed by atoms with Crippen molar-refractivity contribution in [1.29, 1.82) is 0 Å². The lowest BCUT2D eigenvalue weighted by molar-refractivity contribution is -0.138. The van der Waals surface area contributed by atoms with Crippen LogP contribution in [0.1, 0.15) is 19.5 Å². The van der Waals surface area contributed by atoms with E-state index >= 15 is 0 Å². The first kappa shape index (κ1) is 14.2. The van der Waals surface area contributed by atoms with E-state index in [1.807, 2.05) is 20.8 Å². The lowest BCUT2D eigenvalue weighted by Gasteiger charge is -2.17. The molecule has 1 rings (SSSR count). The molecular weight excluding hydrogens is 234 g/mol. The molecule has 100 valence electrons. The smallest absolute Gasteiger partial charge is 0.325 e. The second-order valence-corrected chi connectivity index (χ2v) is 4.25. The maximum absolute atomic E-state index is 11.2. The minimum Gasteiger partial charge on any atom is -0.475 e. The Morgan fingerprint density at radius 3 is 2.67 bits per heavy atom. The second-order valence-electron chi connectivity index (χ2n) is 4.25. The molecule has 0 atom stereocenters. The molecule has 18 heavy (non-hydrogen) atoms. The molecular formula is C12H19N3O3. The highest BCUT2D eigenvalue weighted by molar-refractivity contribution is 5.74. The van der Waals surface area contributed by atoms with Crippen LogP contribution in [0.4, 0.5) is 5.95 Å². The highest BCUT2D eigenvalue weighted by atomic mass is 16.5. The molecule has 0 aromatic carbocycles. The third-order valence-electron chi connectivity index (χ3n) is 2.11. The van der Waals surface area contributed by atoms with Gasteiger partial charge in [-0.3, -0.25) is 4.79 Å². The van der Waals surface area contributed by atoms with Crippen molar-refractivity contribution in [3.63, 3.8) is 0 Å². The topological polar surface area (TPSA) is 64.5 Å². The molecule has 0 fully saturated rings. The lowest BCUT2D eigenvalue weighted by Crippen LogP contribution is -2.28. The summed E-state index contributed by atoms with van der Waals surface area (Å²) in [5.41, 5.74) is 0.785. The fourth-order valence-corrected chi connectivity index (χ4v) is 1.33. The fraction of sp³-hybridized carbons (Fsp3) is 0.583. The van der Waals surface area contributed by atoms with Crippen LogP contribution < -0.4 is 9.64 Å². The van der Waals surface area contributed by atoms with E-state index in [1.165, 1.54) is 7.11 Å². The van der Waals surface area contributed by atoms with Crippen LogP contribution in [0.2, 0.25) is 0 Å². The molecule has 0 radical (unpaired) electrons. The van der Waals surface area contributed by atoms with Gasteiger partial charge in [0, 0.05) is 18.8 Å². The van der Waals surface area contributed by atoms with Crippen LogP contribution in [-0.4, -0.2) is 42.7 Å². The monoisotopic (exact) mass is 253 g/mol. The number of carbonyl (C=O) groups is 1. The predicted octanol–water partition coefficient (Wildman–Crippen LogP) is 1.18. The van der Waals surface area contributed by atoms with E-state index < -0.39 is 0 Å². The molecule has 0 aliphatic heterocycles. The van der Waals surface area contributed by atoms with Gasteiger partial charge in [-0.25, -0.2) is 4.98 Å². The summed E-state index contributed by atoms with van der Waals surface area (Å²) in [6.07, 6.45) is 0.0399. The van der Waals surface area contributed by atoms with E-state index in [2.05, 4.69) is 14.7 Å². The van der Waals surface area contributed by atoms with E-state index in [4.69, 9.17) is 4.74 Å². The van der Waals surface area contributed by atoms with Gasteiger partial charge < -0.3 is 14.4 Å². The summed E-state index contributed by atoms with van der Waals surface area (Å²) < 4.78 is 10.1. The molecule has 1 heterocycles. The number of ether oxygens (including phenoxy) is 2. The molecule has 0 N–H and O–H groups in total. The van der Waals surface area contributed by atoms with Crippen LogP contribution in [0.15, 0.2) is 6.07 Å². The molecule has 0 aliphatic rings. The number of hydrogen-bond acceptors (Lipinski definition) is 6. The molecule has 0 saturated heterocycles. The van der Waals surface area contributed by atoms with Crippen LogP contribution in [0.25, 0.3) is 0 Å². The van der Waals surface area contributed by atoms with Crippen LogP contribution in [0.3, 0.4) is 0 Å². The number of likely N-dealkylation sites (N-methyl/N-ethyl adjacent to an activating group) is 1. The van der Waals surface area contributed by atoms with Crippen molar-refractivity contribution in [1.82, 2.24) is 9.97 Å². The lowest BCUT2D eigenvalue weighted by atomic mass is 10.4. The SMILES string of the molecule is COC(=O)CN(C)c1nc(C)cc(OC(C)C)n1. The van der Waals surface area contributed by atoms with E-state index in [1.54, 1.807) is 18.0 Å². The normalized spacial score (nSPS) is 10.3. The summed E-state index contributed by atoms with van der Waals surface area (Å²) >= 11 is 0. The van der Waals surface area contributed by atoms with Crippen molar-refractivity contribution in [3.05, 3.63) is 11.8 Å². The number of carbonyl (C=O) groups excluding carboxylic acids is 1. The maximum Gasteiger partial charge on any atom is 0.325 e. The van der Waals surface area contributed by atoms with Gasteiger partial charge in [0.2, 0.25) is 11.8 Å². The molecule has 1 aromatic heterocycles. The van der Waals surface area contributed by atoms with Gasteiger partial charge in [0.25, 0.3) is 0 Å². The third-order valence-corrected chi connectivity index (χ3v) is 2.11. The number of anilines is 1. The Bertz CT molecular complexity index is 421. The summed E-state index contributed by atoms with van der Waals surface area (Å²) in [6, 6.07) is 1.76. The summed E-state index contributed by atoms with van der Waals surface area (Å²) in [6.45, 7) is 5.80. The number of rotatable bonds is 5. The Balaban J connectivity index is 2.87. The highest BCUT2D eigenvalue weighted by Crippen LogP contribution is 2.15. The van der Waals surface area contributed by atoms with E-state index in [0.29, 0.717) is 11.8 Å². The number of aromatic nitrogens is 2. The zero-order chi connectivity index (χ0) is 13.7. The maximum atomic E-state index is 11.2. The second kappa shape index (κ2) is 6.18. The van der Waals surface area contributed by atoms with Crippen molar-refractivity contribution in [2.75, 3.05) is 25.6 Å². The van der Waals surface area contributed by atoms with Crippen molar-refractivity contribution in [2.24, 2.45) is 0 Å². The largest absolute Gasteiger partial charge is 0.475 e. The first-order valence-corrected chi connectivity index (χ1v) is 5.72. The van der Waals surface area contributed by atoms with Crippen molar-refractivity contribution >= 4 is 11.9 Å².